The van der Waals surface area contributed by atoms with Crippen LogP contribution in [0.2, 0.25) is 28.3 Å². The number of aromatic nitrogens is 3. The van der Waals surface area contributed by atoms with Gasteiger partial charge < -0.3 is 28.3 Å². The fourth-order valence-corrected chi connectivity index (χ4v) is 6.45. The second-order valence-corrected chi connectivity index (χ2v) is 18.0. The van der Waals surface area contributed by atoms with Crippen molar-refractivity contribution in [3.8, 4) is 0 Å². The summed E-state index contributed by atoms with van der Waals surface area (Å²) in [7, 11) is -2.20. The van der Waals surface area contributed by atoms with E-state index in [0.29, 0.717) is 26.8 Å². The zero-order chi connectivity index (χ0) is 29.2. The van der Waals surface area contributed by atoms with E-state index in [9.17, 15) is 5.11 Å². The molecule has 2 fully saturated rings. The van der Waals surface area contributed by atoms with E-state index in [0.717, 1.165) is 0 Å². The summed E-state index contributed by atoms with van der Waals surface area (Å²) in [5, 5.41) is 13.0. The molecule has 0 spiro atoms. The highest BCUT2D eigenvalue weighted by Gasteiger charge is 2.58. The van der Waals surface area contributed by atoms with Crippen LogP contribution in [0, 0.1) is 0 Å². The van der Waals surface area contributed by atoms with Crippen molar-refractivity contribution in [1.29, 1.82) is 0 Å². The molecule has 2 aliphatic rings. The van der Waals surface area contributed by atoms with E-state index < -0.39 is 50.9 Å². The van der Waals surface area contributed by atoms with Crippen LogP contribution in [-0.4, -0.2) is 58.7 Å². The Morgan fingerprint density at radius 2 is 1.82 bits per heavy atom. The van der Waals surface area contributed by atoms with Crippen molar-refractivity contribution in [3.05, 3.63) is 58.1 Å². The van der Waals surface area contributed by atoms with Crippen molar-refractivity contribution in [2.45, 2.75) is 95.4 Å². The number of alkyl halides is 1. The number of nitrogens with zero attached hydrogens (tertiary/aromatic N) is 3. The molecule has 1 N–H and O–H groups in total. The van der Waals surface area contributed by atoms with Gasteiger partial charge in [-0.25, -0.2) is 14.4 Å². The van der Waals surface area contributed by atoms with Gasteiger partial charge in [-0.15, -0.1) is 0 Å². The Labute approximate surface area is 244 Å². The molecule has 5 rings (SSSR count). The largest absolute Gasteiger partial charge is 0.414 e. The van der Waals surface area contributed by atoms with Crippen molar-refractivity contribution < 1.29 is 28.1 Å². The fraction of sp³-hybridized carbons (Fsp3) is 0.571. The molecule has 1 aromatic carbocycles. The van der Waals surface area contributed by atoms with Gasteiger partial charge in [-0.3, -0.25) is 0 Å². The molecule has 2 saturated heterocycles. The molecule has 6 atom stereocenters. The quantitative estimate of drug-likeness (QED) is 0.229. The lowest BCUT2D eigenvalue weighted by Crippen LogP contribution is -2.41. The first kappa shape index (κ1) is 29.8. The molecule has 2 aliphatic heterocycles. The molecular weight excluding hydrogens is 576 g/mol. The van der Waals surface area contributed by atoms with Gasteiger partial charge in [0.15, 0.2) is 20.3 Å². The zero-order valence-electron chi connectivity index (χ0n) is 23.7. The van der Waals surface area contributed by atoms with Crippen LogP contribution in [0.1, 0.15) is 64.2 Å². The minimum atomic E-state index is -2.20. The molecule has 0 saturated carbocycles. The molecule has 0 radical (unpaired) electrons. The van der Waals surface area contributed by atoms with Crippen molar-refractivity contribution in [2.24, 2.45) is 0 Å². The summed E-state index contributed by atoms with van der Waals surface area (Å²) in [5.74, 6) is -0.923. The molecule has 40 heavy (non-hydrogen) atoms. The Hall–Kier alpha value is -1.63. The van der Waals surface area contributed by atoms with Crippen molar-refractivity contribution >= 4 is 42.6 Å². The maximum atomic E-state index is 15.8. The van der Waals surface area contributed by atoms with Gasteiger partial charge in [-0.1, -0.05) is 50.0 Å². The number of aliphatic hydroxyl groups excluding tert-OH is 1. The summed E-state index contributed by atoms with van der Waals surface area (Å²) >= 11 is 12.6. The van der Waals surface area contributed by atoms with E-state index in [4.69, 9.17) is 41.8 Å². The number of rotatable bonds is 7. The van der Waals surface area contributed by atoms with Crippen LogP contribution in [0.4, 0.5) is 4.39 Å². The second-order valence-electron chi connectivity index (χ2n) is 12.4. The Balaban J connectivity index is 1.46. The standard InChI is InChI=1S/C28H36Cl2FN3O5Si/c1-27(2,3)40(6,7)36-13-19(31)18-12-15(29)8-9-16(18)20(35)21-22-23(39-28(4,5)38-22)26(37-21)34-11-10-17-24(30)32-14-33-25(17)34/h8-12,14,19-23,26,35H,13H2,1-7H3/t19-,20+,21?,22+,23+,26+/m0/s1. The summed E-state index contributed by atoms with van der Waals surface area (Å²) in [6.07, 6.45) is -2.35. The third-order valence-corrected chi connectivity index (χ3v) is 13.2. The van der Waals surface area contributed by atoms with Crippen LogP contribution in [0.15, 0.2) is 36.8 Å². The van der Waals surface area contributed by atoms with Gasteiger partial charge in [-0.05, 0) is 61.3 Å². The lowest BCUT2D eigenvalue weighted by molar-refractivity contribution is -0.207. The highest BCUT2D eigenvalue weighted by molar-refractivity contribution is 6.74. The predicted molar refractivity (Wildman–Crippen MR) is 154 cm³/mol. The first-order valence-electron chi connectivity index (χ1n) is 13.3. The Morgan fingerprint density at radius 3 is 2.52 bits per heavy atom. The maximum absolute atomic E-state index is 15.8. The molecule has 218 valence electrons. The van der Waals surface area contributed by atoms with Crippen LogP contribution in [0.3, 0.4) is 0 Å². The lowest BCUT2D eigenvalue weighted by Gasteiger charge is -2.36. The highest BCUT2D eigenvalue weighted by atomic mass is 35.5. The number of fused-ring (bicyclic) bond motifs is 2. The molecule has 0 amide bonds. The van der Waals surface area contributed by atoms with Crippen LogP contribution in [-0.2, 0) is 18.6 Å². The van der Waals surface area contributed by atoms with Crippen LogP contribution in [0.25, 0.3) is 11.0 Å². The van der Waals surface area contributed by atoms with Gasteiger partial charge in [0.05, 0.1) is 12.0 Å². The van der Waals surface area contributed by atoms with Crippen LogP contribution in [0.5, 0.6) is 0 Å². The summed E-state index contributed by atoms with van der Waals surface area (Å²) in [6, 6.07) is 6.60. The van der Waals surface area contributed by atoms with Gasteiger partial charge >= 0.3 is 0 Å². The van der Waals surface area contributed by atoms with Gasteiger partial charge in [0.2, 0.25) is 0 Å². The normalized spacial score (nSPS) is 26.3. The summed E-state index contributed by atoms with van der Waals surface area (Å²) in [5.41, 5.74) is 1.17. The van der Waals surface area contributed by atoms with E-state index in [1.165, 1.54) is 12.4 Å². The lowest BCUT2D eigenvalue weighted by atomic mass is 9.93. The van der Waals surface area contributed by atoms with Gasteiger partial charge in [0, 0.05) is 11.2 Å². The van der Waals surface area contributed by atoms with Crippen molar-refractivity contribution in [2.75, 3.05) is 6.61 Å². The van der Waals surface area contributed by atoms with Gasteiger partial charge in [0.25, 0.3) is 0 Å². The maximum Gasteiger partial charge on any atom is 0.192 e. The fourth-order valence-electron chi connectivity index (χ4n) is 5.08. The SMILES string of the molecule is CC1(C)O[C@@H]2[C@H](O1)C([C@H](O)c1ccc(Cl)cc1[C@@H](F)CO[Si](C)(C)C(C)(C)C)O[C@H]2n1ccc2c(Cl)ncnc21. The average molecular weight is 613 g/mol. The number of ether oxygens (including phenoxy) is 3. The molecule has 1 unspecified atom stereocenters. The minimum Gasteiger partial charge on any atom is -0.414 e. The summed E-state index contributed by atoms with van der Waals surface area (Å²) in [6.45, 7) is 13.9. The first-order chi connectivity index (χ1) is 18.6. The summed E-state index contributed by atoms with van der Waals surface area (Å²) in [4.78, 5) is 8.43. The Morgan fingerprint density at radius 1 is 1.12 bits per heavy atom. The number of hydrogen-bond donors (Lipinski definition) is 1. The van der Waals surface area contributed by atoms with Crippen LogP contribution < -0.4 is 0 Å². The molecular formula is C28H36Cl2FN3O5Si. The Kier molecular flexibility index (Phi) is 7.89. The van der Waals surface area contributed by atoms with Crippen molar-refractivity contribution in [1.82, 2.24) is 14.5 Å². The highest BCUT2D eigenvalue weighted by Crippen LogP contribution is 2.48. The topological polar surface area (TPSA) is 87.9 Å². The molecule has 8 nitrogen and oxygen atoms in total. The number of benzene rings is 1. The van der Waals surface area contributed by atoms with E-state index in [-0.39, 0.29) is 17.2 Å². The minimum absolute atomic E-state index is 0.0739. The zero-order valence-corrected chi connectivity index (χ0v) is 26.2. The summed E-state index contributed by atoms with van der Waals surface area (Å²) < 4.78 is 42.7. The first-order valence-corrected chi connectivity index (χ1v) is 17.0. The third kappa shape index (κ3) is 5.45. The van der Waals surface area contributed by atoms with E-state index in [2.05, 4.69) is 43.8 Å². The van der Waals surface area contributed by atoms with Gasteiger partial charge in [0.1, 0.15) is 47.7 Å². The number of aliphatic hydroxyl groups is 1. The van der Waals surface area contributed by atoms with Crippen LogP contribution >= 0.6 is 23.2 Å². The molecule has 2 aromatic heterocycles. The number of hydrogen-bond acceptors (Lipinski definition) is 7. The van der Waals surface area contributed by atoms with E-state index in [1.54, 1.807) is 29.0 Å². The molecule has 0 aliphatic carbocycles. The van der Waals surface area contributed by atoms with Gasteiger partial charge in [-0.2, -0.15) is 0 Å². The van der Waals surface area contributed by atoms with Crippen molar-refractivity contribution in [3.63, 3.8) is 0 Å². The average Bonchev–Trinajstić information content (AvgIpc) is 3.52. The van der Waals surface area contributed by atoms with E-state index >= 15 is 4.39 Å². The Bertz CT molecular complexity index is 1400. The monoisotopic (exact) mass is 611 g/mol. The third-order valence-electron chi connectivity index (χ3n) is 8.21. The van der Waals surface area contributed by atoms with E-state index in [1.807, 2.05) is 13.8 Å². The smallest absolute Gasteiger partial charge is 0.192 e. The number of halogens is 3. The molecule has 12 heteroatoms. The predicted octanol–water partition coefficient (Wildman–Crippen LogP) is 6.92. The molecule has 3 aromatic rings. The molecule has 4 heterocycles. The second kappa shape index (κ2) is 10.6. The molecule has 0 bridgehead atoms.